The fourth-order valence-electron chi connectivity index (χ4n) is 9.18. The molecule has 28 heteroatoms. The van der Waals surface area contributed by atoms with Crippen molar-refractivity contribution in [3.63, 3.8) is 0 Å². The number of fused-ring (bicyclic) bond motifs is 2. The summed E-state index contributed by atoms with van der Waals surface area (Å²) >= 11 is 0. The quantitative estimate of drug-likeness (QED) is 0.0313. The molecule has 1 fully saturated rings. The van der Waals surface area contributed by atoms with Crippen molar-refractivity contribution in [2.45, 2.75) is 81.9 Å². The van der Waals surface area contributed by atoms with Gasteiger partial charge >= 0.3 is 5.97 Å². The second kappa shape index (κ2) is 33.0. The van der Waals surface area contributed by atoms with Crippen LogP contribution in [0.4, 0.5) is 5.69 Å². The highest BCUT2D eigenvalue weighted by molar-refractivity contribution is 7.86. The van der Waals surface area contributed by atoms with Crippen molar-refractivity contribution < 1.29 is 100 Å². The average molecular weight is 1230 g/mol. The van der Waals surface area contributed by atoms with Crippen LogP contribution in [0, 0.1) is 0 Å². The van der Waals surface area contributed by atoms with Crippen LogP contribution in [0.2, 0.25) is 0 Å². The van der Waals surface area contributed by atoms with E-state index in [1.54, 1.807) is 25.3 Å². The van der Waals surface area contributed by atoms with Gasteiger partial charge in [0.25, 0.3) is 42.2 Å². The van der Waals surface area contributed by atoms with Gasteiger partial charge in [-0.2, -0.15) is 25.3 Å². The monoisotopic (exact) mass is 1230 g/mol. The van der Waals surface area contributed by atoms with Crippen LogP contribution < -0.4 is 14.8 Å². The van der Waals surface area contributed by atoms with Gasteiger partial charge in [0, 0.05) is 61.3 Å². The lowest BCUT2D eigenvalue weighted by Crippen LogP contribution is -2.35. The second-order valence-electron chi connectivity index (χ2n) is 20.6. The first-order chi connectivity index (χ1) is 39.3. The van der Waals surface area contributed by atoms with Gasteiger partial charge < -0.3 is 52.0 Å². The zero-order chi connectivity index (χ0) is 60.7. The molecule has 1 aromatic carbocycles. The zero-order valence-electron chi connectivity index (χ0n) is 47.8. The molecule has 83 heavy (non-hydrogen) atoms. The summed E-state index contributed by atoms with van der Waals surface area (Å²) in [4.78, 5) is 41.5. The Labute approximate surface area is 486 Å². The van der Waals surface area contributed by atoms with Gasteiger partial charge in [0.05, 0.1) is 121 Å². The molecule has 1 aromatic rings. The Morgan fingerprint density at radius 1 is 0.699 bits per heavy atom. The number of nitrogens with zero attached hydrogens (tertiary/aromatic N) is 3. The van der Waals surface area contributed by atoms with E-state index in [0.29, 0.717) is 85.1 Å². The number of allylic oxidation sites excluding steroid dienone is 3. The maximum absolute atomic E-state index is 12.5. The number of hydroxylamine groups is 2. The molecule has 4 aliphatic rings. The van der Waals surface area contributed by atoms with E-state index in [4.69, 9.17) is 47.1 Å². The molecule has 0 spiro atoms. The van der Waals surface area contributed by atoms with Crippen LogP contribution in [-0.2, 0) is 98.3 Å². The summed E-state index contributed by atoms with van der Waals surface area (Å²) in [5.74, 6) is -1.90. The summed E-state index contributed by atoms with van der Waals surface area (Å²) in [6, 6.07) is 11.9. The normalized spacial score (nSPS) is 17.0. The Kier molecular flexibility index (Phi) is 27.3. The number of hydrogen-bond donors (Lipinski definition) is 3. The Balaban J connectivity index is 1.31. The van der Waals surface area contributed by atoms with E-state index in [9.17, 15) is 53.3 Å². The first-order valence-corrected chi connectivity index (χ1v) is 31.9. The summed E-state index contributed by atoms with van der Waals surface area (Å²) in [6.07, 6.45) is 5.45. The Morgan fingerprint density at radius 2 is 1.25 bits per heavy atom. The molecule has 0 bridgehead atoms. The number of carbonyl (C=O) groups excluding carboxylic acids is 3. The third-order valence-electron chi connectivity index (χ3n) is 13.3. The maximum atomic E-state index is 12.5. The highest BCUT2D eigenvalue weighted by Gasteiger charge is 2.44. The van der Waals surface area contributed by atoms with Crippen LogP contribution >= 0.6 is 0 Å². The van der Waals surface area contributed by atoms with Crippen molar-refractivity contribution in [3.8, 4) is 11.3 Å². The SMILES string of the molecule is COCCOCCOCCOCC[N+](CCCS(=O)(=O)O)=c1ccc2c(C(C)(C)C)cc(/C=C/C=C3/N(CCOCCOCCOCCOCCC(=O)ON4C(=O)CCC4=O)c4ccc(S(=O)(=O)O)cc4C3(C)CCCS(=O)(=O)O)oc-2c1. The van der Waals surface area contributed by atoms with Crippen molar-refractivity contribution >= 4 is 59.9 Å². The minimum atomic E-state index is -4.67. The van der Waals surface area contributed by atoms with Crippen LogP contribution in [0.3, 0.4) is 0 Å². The van der Waals surface area contributed by atoms with E-state index in [1.165, 1.54) is 12.1 Å². The van der Waals surface area contributed by atoms with Crippen LogP contribution in [0.15, 0.2) is 69.6 Å². The molecular weight excluding hydrogens is 1150 g/mol. The molecule has 0 saturated carbocycles. The van der Waals surface area contributed by atoms with Gasteiger partial charge in [-0.3, -0.25) is 23.2 Å². The van der Waals surface area contributed by atoms with Crippen LogP contribution in [0.1, 0.15) is 83.1 Å². The molecule has 464 valence electrons. The topological polar surface area (TPSA) is 320 Å². The third kappa shape index (κ3) is 23.0. The van der Waals surface area contributed by atoms with Crippen molar-refractivity contribution in [2.75, 3.05) is 142 Å². The summed E-state index contributed by atoms with van der Waals surface area (Å²) < 4.78 is 155. The second-order valence-corrected chi connectivity index (χ2v) is 25.2. The largest absolute Gasteiger partial charge is 0.456 e. The molecule has 5 rings (SSSR count). The number of carbonyl (C=O) groups is 3. The Bertz CT molecular complexity index is 3050. The molecule has 3 heterocycles. The van der Waals surface area contributed by atoms with Gasteiger partial charge in [0.2, 0.25) is 5.36 Å². The van der Waals surface area contributed by atoms with Crippen molar-refractivity contribution in [2.24, 2.45) is 0 Å². The number of anilines is 1. The number of rotatable bonds is 39. The predicted octanol–water partition coefficient (Wildman–Crippen LogP) is 4.08. The molecule has 0 aromatic heterocycles. The zero-order valence-corrected chi connectivity index (χ0v) is 50.3. The summed E-state index contributed by atoms with van der Waals surface area (Å²) in [7, 11) is -11.7. The molecule has 1 saturated heterocycles. The molecule has 3 N–H and O–H groups in total. The number of ether oxygens (including phenoxy) is 8. The van der Waals surface area contributed by atoms with Crippen molar-refractivity contribution in [1.29, 1.82) is 0 Å². The van der Waals surface area contributed by atoms with E-state index in [-0.39, 0.29) is 121 Å². The number of methoxy groups -OCH3 is 1. The Morgan fingerprint density at radius 3 is 1.82 bits per heavy atom. The van der Waals surface area contributed by atoms with Gasteiger partial charge in [-0.15, -0.1) is 5.06 Å². The maximum Gasteiger partial charge on any atom is 0.335 e. The van der Waals surface area contributed by atoms with Gasteiger partial charge in [-0.1, -0.05) is 26.8 Å². The lowest BCUT2D eigenvalue weighted by Gasteiger charge is -2.30. The predicted molar refractivity (Wildman–Crippen MR) is 303 cm³/mol. The Hall–Kier alpha value is -5.05. The smallest absolute Gasteiger partial charge is 0.335 e. The average Bonchev–Trinajstić information content (AvgIpc) is 1.89. The molecule has 25 nitrogen and oxygen atoms in total. The van der Waals surface area contributed by atoms with Crippen molar-refractivity contribution in [3.05, 3.63) is 82.6 Å². The van der Waals surface area contributed by atoms with Crippen LogP contribution in [0.25, 0.3) is 17.4 Å². The van der Waals surface area contributed by atoms with Gasteiger partial charge in [-0.05, 0) is 78.8 Å². The van der Waals surface area contributed by atoms with Gasteiger partial charge in [-0.25, -0.2) is 9.37 Å². The fourth-order valence-corrected chi connectivity index (χ4v) is 10.7. The summed E-state index contributed by atoms with van der Waals surface area (Å²) in [5, 5.41) is 1.20. The van der Waals surface area contributed by atoms with E-state index in [1.807, 2.05) is 46.7 Å². The van der Waals surface area contributed by atoms with Crippen LogP contribution in [0.5, 0.6) is 0 Å². The molecule has 0 radical (unpaired) electrons. The van der Waals surface area contributed by atoms with E-state index in [0.717, 1.165) is 11.1 Å². The fraction of sp³-hybridized carbons (Fsp3) is 0.600. The molecule has 1 aliphatic carbocycles. The lowest BCUT2D eigenvalue weighted by molar-refractivity contribution is -0.198. The van der Waals surface area contributed by atoms with Gasteiger partial charge in [0.15, 0.2) is 6.54 Å². The first kappa shape index (κ1) is 68.7. The van der Waals surface area contributed by atoms with E-state index < -0.39 is 65.1 Å². The highest BCUT2D eigenvalue weighted by atomic mass is 32.2. The summed E-state index contributed by atoms with van der Waals surface area (Å²) in [6.45, 7) is 13.1. The molecule has 1 unspecified atom stereocenters. The molecule has 3 aliphatic heterocycles. The van der Waals surface area contributed by atoms with Crippen molar-refractivity contribution in [1.82, 2.24) is 9.64 Å². The standard InChI is InChI=1S/C55H79N3O22S3/c1-54(2,3)46-40-43(79-49-39-42(11-13-45(46)49)56(19-8-38-82(65,66)67)20-23-73-28-31-77-34-33-75-26-25-71-5)9-6-10-50-55(4,18-7-37-81(62,63)64)47-41-44(83(68,69)70)12-14-48(47)57(50)21-24-74-29-32-78-36-35-76-30-27-72-22-17-53(61)80-58-51(59)15-16-52(58)60/h6,9-14,39-41H,7-8,15-38H2,1-5H3,(H2-,62,63,64,65,66,67,68,69,70)/p+1. The molecule has 2 amide bonds. The minimum Gasteiger partial charge on any atom is -0.456 e. The number of imide groups is 1. The molecular formula is C55H80N3O22S3+. The number of benzene rings is 2. The molecule has 1 atom stereocenters. The highest BCUT2D eigenvalue weighted by Crippen LogP contribution is 2.51. The third-order valence-corrected chi connectivity index (χ3v) is 15.7. The van der Waals surface area contributed by atoms with E-state index in [2.05, 4.69) is 20.8 Å². The van der Waals surface area contributed by atoms with Gasteiger partial charge in [0.1, 0.15) is 24.7 Å². The minimum absolute atomic E-state index is 0.00193. The lowest BCUT2D eigenvalue weighted by atomic mass is 9.77. The summed E-state index contributed by atoms with van der Waals surface area (Å²) in [5.41, 5.74) is 2.05. The van der Waals surface area contributed by atoms with E-state index >= 15 is 0 Å². The first-order valence-electron chi connectivity index (χ1n) is 27.3. The number of amides is 2. The van der Waals surface area contributed by atoms with Crippen LogP contribution in [-0.4, -0.2) is 199 Å². The number of hydrogen-bond acceptors (Lipinski definition) is 20.